The van der Waals surface area contributed by atoms with Gasteiger partial charge >= 0.3 is 0 Å². The summed E-state index contributed by atoms with van der Waals surface area (Å²) in [4.78, 5) is 27.4. The Kier molecular flexibility index (Phi) is 10.5. The highest BCUT2D eigenvalue weighted by Gasteiger charge is 2.26. The van der Waals surface area contributed by atoms with Crippen LogP contribution in [0.4, 0.5) is 0 Å². The van der Waals surface area contributed by atoms with Gasteiger partial charge in [-0.1, -0.05) is 72.9 Å². The van der Waals surface area contributed by atoms with Crippen LogP contribution in [0.1, 0.15) is 31.9 Å². The molecule has 1 unspecified atom stereocenters. The molecule has 0 aliphatic heterocycles. The summed E-state index contributed by atoms with van der Waals surface area (Å²) < 4.78 is 0. The third kappa shape index (κ3) is 7.90. The van der Waals surface area contributed by atoms with E-state index in [4.69, 9.17) is 34.8 Å². The first-order valence-electron chi connectivity index (χ1n) is 10.0. The minimum Gasteiger partial charge on any atom is -0.354 e. The van der Waals surface area contributed by atoms with E-state index in [1.165, 1.54) is 11.8 Å². The molecule has 0 bridgehead atoms. The third-order valence-corrected chi connectivity index (χ3v) is 6.70. The van der Waals surface area contributed by atoms with Crippen LogP contribution in [0.5, 0.6) is 0 Å². The molecule has 0 aromatic heterocycles. The van der Waals surface area contributed by atoms with E-state index in [0.29, 0.717) is 33.3 Å². The maximum atomic E-state index is 13.1. The number of benzene rings is 2. The normalized spacial score (nSPS) is 12.0. The monoisotopic (exact) mass is 500 g/mol. The molecule has 0 spiro atoms. The van der Waals surface area contributed by atoms with Gasteiger partial charge in [-0.15, -0.1) is 11.8 Å². The van der Waals surface area contributed by atoms with Gasteiger partial charge in [-0.3, -0.25) is 9.59 Å². The van der Waals surface area contributed by atoms with E-state index in [-0.39, 0.29) is 24.1 Å². The van der Waals surface area contributed by atoms with Crippen molar-refractivity contribution in [2.75, 3.05) is 12.3 Å². The number of hydrogen-bond donors (Lipinski definition) is 1. The molecule has 0 saturated carbocycles. The topological polar surface area (TPSA) is 49.4 Å². The van der Waals surface area contributed by atoms with Crippen LogP contribution in [0, 0.1) is 5.92 Å². The van der Waals surface area contributed by atoms with Crippen LogP contribution in [0.2, 0.25) is 15.1 Å². The molecule has 2 aromatic carbocycles. The van der Waals surface area contributed by atoms with Crippen molar-refractivity contribution in [3.63, 3.8) is 0 Å². The highest BCUT2D eigenvalue weighted by molar-refractivity contribution is 7.99. The maximum absolute atomic E-state index is 13.1. The number of carbonyl (C=O) groups excluding carboxylic acids is 2. The van der Waals surface area contributed by atoms with Crippen LogP contribution in [0.15, 0.2) is 42.5 Å². The van der Waals surface area contributed by atoms with E-state index in [1.807, 2.05) is 32.0 Å². The van der Waals surface area contributed by atoms with Gasteiger partial charge in [-0.05, 0) is 42.2 Å². The molecular formula is C23H27Cl3N2O2S. The van der Waals surface area contributed by atoms with Crippen LogP contribution in [0.3, 0.4) is 0 Å². The smallest absolute Gasteiger partial charge is 0.242 e. The Morgan fingerprint density at radius 3 is 2.19 bits per heavy atom. The van der Waals surface area contributed by atoms with E-state index in [9.17, 15) is 9.59 Å². The molecule has 2 amide bonds. The minimum absolute atomic E-state index is 0.153. The van der Waals surface area contributed by atoms with E-state index in [1.54, 1.807) is 36.1 Å². The molecular weight excluding hydrogens is 475 g/mol. The highest BCUT2D eigenvalue weighted by atomic mass is 35.5. The molecule has 4 nitrogen and oxygen atoms in total. The zero-order chi connectivity index (χ0) is 23.0. The van der Waals surface area contributed by atoms with Gasteiger partial charge in [0, 0.05) is 33.9 Å². The van der Waals surface area contributed by atoms with Gasteiger partial charge < -0.3 is 10.2 Å². The fourth-order valence-electron chi connectivity index (χ4n) is 2.84. The molecule has 0 heterocycles. The van der Waals surface area contributed by atoms with Gasteiger partial charge in [0.1, 0.15) is 6.04 Å². The SMILES string of the molecule is CC(C)CNC(=O)C(C)N(Cc1ccccc1Cl)C(=O)CSCc1c(Cl)cccc1Cl. The van der Waals surface area contributed by atoms with Gasteiger partial charge in [-0.2, -0.15) is 0 Å². The Bertz CT molecular complexity index is 888. The average Bonchev–Trinajstić information content (AvgIpc) is 2.72. The summed E-state index contributed by atoms with van der Waals surface area (Å²) in [5.41, 5.74) is 1.59. The zero-order valence-corrected chi connectivity index (χ0v) is 20.9. The Balaban J connectivity index is 2.11. The molecule has 168 valence electrons. The predicted molar refractivity (Wildman–Crippen MR) is 132 cm³/mol. The van der Waals surface area contributed by atoms with Crippen LogP contribution in [-0.4, -0.2) is 35.1 Å². The van der Waals surface area contributed by atoms with Crippen molar-refractivity contribution in [2.45, 2.75) is 39.1 Å². The first kappa shape index (κ1) is 25.9. The van der Waals surface area contributed by atoms with Gasteiger partial charge in [0.05, 0.1) is 5.75 Å². The zero-order valence-electron chi connectivity index (χ0n) is 17.8. The molecule has 0 radical (unpaired) electrons. The van der Waals surface area contributed by atoms with E-state index < -0.39 is 6.04 Å². The molecule has 0 fully saturated rings. The Morgan fingerprint density at radius 2 is 1.58 bits per heavy atom. The van der Waals surface area contributed by atoms with Gasteiger partial charge in [0.25, 0.3) is 0 Å². The van der Waals surface area contributed by atoms with Crippen molar-refractivity contribution in [3.05, 3.63) is 68.7 Å². The van der Waals surface area contributed by atoms with Crippen molar-refractivity contribution in [1.29, 1.82) is 0 Å². The first-order valence-corrected chi connectivity index (χ1v) is 12.3. The Morgan fingerprint density at radius 1 is 0.968 bits per heavy atom. The molecule has 1 atom stereocenters. The molecule has 8 heteroatoms. The summed E-state index contributed by atoms with van der Waals surface area (Å²) in [5.74, 6) is 0.666. The Labute approximate surface area is 203 Å². The molecule has 2 aromatic rings. The standard InChI is InChI=1S/C23H27Cl3N2O2S/c1-15(2)11-27-23(30)16(3)28(12-17-7-4-5-8-19(17)24)22(29)14-31-13-18-20(25)9-6-10-21(18)26/h4-10,15-16H,11-14H2,1-3H3,(H,27,30). The van der Waals surface area contributed by atoms with Gasteiger partial charge in [0.2, 0.25) is 11.8 Å². The van der Waals surface area contributed by atoms with Crippen molar-refractivity contribution < 1.29 is 9.59 Å². The average molecular weight is 502 g/mol. The van der Waals surface area contributed by atoms with Crippen LogP contribution in [-0.2, 0) is 21.9 Å². The number of amides is 2. The number of carbonyl (C=O) groups is 2. The third-order valence-electron chi connectivity index (χ3n) is 4.68. The minimum atomic E-state index is -0.632. The summed E-state index contributed by atoms with van der Waals surface area (Å²) >= 11 is 20.2. The molecule has 0 aliphatic rings. The second kappa shape index (κ2) is 12.6. The van der Waals surface area contributed by atoms with E-state index in [2.05, 4.69) is 5.32 Å². The van der Waals surface area contributed by atoms with Crippen LogP contribution in [0.25, 0.3) is 0 Å². The largest absolute Gasteiger partial charge is 0.354 e. The number of hydrogen-bond acceptors (Lipinski definition) is 3. The number of thioether (sulfide) groups is 1. The number of nitrogens with one attached hydrogen (secondary N) is 1. The summed E-state index contributed by atoms with van der Waals surface area (Å²) in [6.07, 6.45) is 0. The van der Waals surface area contributed by atoms with Crippen molar-refractivity contribution in [3.8, 4) is 0 Å². The Hall–Kier alpha value is -1.40. The molecule has 31 heavy (non-hydrogen) atoms. The number of nitrogens with zero attached hydrogens (tertiary/aromatic N) is 1. The van der Waals surface area contributed by atoms with Crippen molar-refractivity contribution in [1.82, 2.24) is 10.2 Å². The molecule has 0 saturated heterocycles. The van der Waals surface area contributed by atoms with Crippen LogP contribution < -0.4 is 5.32 Å². The van der Waals surface area contributed by atoms with Gasteiger partial charge in [-0.25, -0.2) is 0 Å². The fraction of sp³-hybridized carbons (Fsp3) is 0.391. The second-order valence-electron chi connectivity index (χ2n) is 7.62. The first-order chi connectivity index (χ1) is 14.7. The number of halogens is 3. The highest BCUT2D eigenvalue weighted by Crippen LogP contribution is 2.28. The molecule has 0 aliphatic carbocycles. The van der Waals surface area contributed by atoms with Crippen molar-refractivity contribution in [2.24, 2.45) is 5.92 Å². The van der Waals surface area contributed by atoms with Crippen LogP contribution >= 0.6 is 46.6 Å². The lowest BCUT2D eigenvalue weighted by molar-refractivity contribution is -0.138. The summed E-state index contributed by atoms with van der Waals surface area (Å²) in [7, 11) is 0. The van der Waals surface area contributed by atoms with E-state index >= 15 is 0 Å². The van der Waals surface area contributed by atoms with E-state index in [0.717, 1.165) is 11.1 Å². The quantitative estimate of drug-likeness (QED) is 0.430. The number of rotatable bonds is 10. The second-order valence-corrected chi connectivity index (χ2v) is 9.83. The lowest BCUT2D eigenvalue weighted by atomic mass is 10.1. The summed E-state index contributed by atoms with van der Waals surface area (Å²) in [6, 6.07) is 12.0. The summed E-state index contributed by atoms with van der Waals surface area (Å²) in [5, 5.41) is 4.61. The summed E-state index contributed by atoms with van der Waals surface area (Å²) in [6.45, 7) is 6.58. The lowest BCUT2D eigenvalue weighted by Crippen LogP contribution is -2.48. The molecule has 2 rings (SSSR count). The predicted octanol–water partition coefficient (Wildman–Crippen LogP) is 6.07. The maximum Gasteiger partial charge on any atom is 0.242 e. The lowest BCUT2D eigenvalue weighted by Gasteiger charge is -2.29. The fourth-order valence-corrected chi connectivity index (χ4v) is 4.68. The molecule has 1 N–H and O–H groups in total. The van der Waals surface area contributed by atoms with Crippen molar-refractivity contribution >= 4 is 58.4 Å². The van der Waals surface area contributed by atoms with Gasteiger partial charge in [0.15, 0.2) is 0 Å².